The van der Waals surface area contributed by atoms with Crippen LogP contribution in [0.5, 0.6) is 0 Å². The fourth-order valence-corrected chi connectivity index (χ4v) is 3.44. The predicted molar refractivity (Wildman–Crippen MR) is 61.2 cm³/mol. The average Bonchev–Trinajstić information content (AvgIpc) is 2.71. The monoisotopic (exact) mass is 242 g/mol. The topological polar surface area (TPSA) is 0 Å². The van der Waals surface area contributed by atoms with E-state index in [9.17, 15) is 0 Å². The largest absolute Gasteiger partial charge is 0.0888 e. The molecule has 0 heterocycles. The Balaban J connectivity index is 1.88. The van der Waals surface area contributed by atoms with Crippen molar-refractivity contribution in [2.24, 2.45) is 11.8 Å². The molecular formula is C12H19Br. The zero-order valence-electron chi connectivity index (χ0n) is 8.43. The van der Waals surface area contributed by atoms with Gasteiger partial charge in [-0.2, -0.15) is 0 Å². The summed E-state index contributed by atoms with van der Waals surface area (Å²) in [7, 11) is 0. The third-order valence-electron chi connectivity index (χ3n) is 3.79. The van der Waals surface area contributed by atoms with Crippen molar-refractivity contribution in [3.05, 3.63) is 11.6 Å². The van der Waals surface area contributed by atoms with Gasteiger partial charge in [0, 0.05) is 4.83 Å². The molecule has 2 aliphatic rings. The van der Waals surface area contributed by atoms with Crippen molar-refractivity contribution in [1.82, 2.24) is 0 Å². The molecule has 3 unspecified atom stereocenters. The molecule has 0 amide bonds. The lowest BCUT2D eigenvalue weighted by atomic mass is 9.90. The molecule has 0 bridgehead atoms. The minimum atomic E-state index is 0.791. The number of allylic oxidation sites excluding steroid dienone is 2. The lowest BCUT2D eigenvalue weighted by Crippen LogP contribution is -2.10. The van der Waals surface area contributed by atoms with Crippen LogP contribution in [0.1, 0.15) is 45.4 Å². The Morgan fingerprint density at radius 3 is 2.85 bits per heavy atom. The average molecular weight is 243 g/mol. The molecule has 0 saturated heterocycles. The minimum absolute atomic E-state index is 0.791. The second-order valence-corrected chi connectivity index (χ2v) is 5.85. The lowest BCUT2D eigenvalue weighted by molar-refractivity contribution is 0.419. The van der Waals surface area contributed by atoms with Crippen molar-refractivity contribution in [3.8, 4) is 0 Å². The van der Waals surface area contributed by atoms with Crippen molar-refractivity contribution >= 4 is 15.9 Å². The zero-order valence-corrected chi connectivity index (χ0v) is 10.0. The molecule has 0 aliphatic heterocycles. The number of rotatable bonds is 2. The molecule has 0 nitrogen and oxygen atoms in total. The molecule has 13 heavy (non-hydrogen) atoms. The molecule has 0 aromatic rings. The molecule has 1 heteroatoms. The number of alkyl halides is 1. The molecule has 0 radical (unpaired) electrons. The van der Waals surface area contributed by atoms with Gasteiger partial charge in [0.2, 0.25) is 0 Å². The quantitative estimate of drug-likeness (QED) is 0.501. The first-order valence-electron chi connectivity index (χ1n) is 5.59. The smallest absolute Gasteiger partial charge is 0.0174 e. The summed E-state index contributed by atoms with van der Waals surface area (Å²) in [5.41, 5.74) is 1.75. The Hall–Kier alpha value is 0.220. The molecule has 1 fully saturated rings. The van der Waals surface area contributed by atoms with Crippen LogP contribution >= 0.6 is 15.9 Å². The predicted octanol–water partition coefficient (Wildman–Crippen LogP) is 4.30. The highest BCUT2D eigenvalue weighted by molar-refractivity contribution is 9.09. The van der Waals surface area contributed by atoms with E-state index in [-0.39, 0.29) is 0 Å². The van der Waals surface area contributed by atoms with E-state index < -0.39 is 0 Å². The molecule has 2 aliphatic carbocycles. The molecule has 0 aromatic heterocycles. The van der Waals surface area contributed by atoms with Crippen molar-refractivity contribution in [1.29, 1.82) is 0 Å². The lowest BCUT2D eigenvalue weighted by Gasteiger charge is -2.17. The Morgan fingerprint density at radius 2 is 2.31 bits per heavy atom. The summed E-state index contributed by atoms with van der Waals surface area (Å²) in [6.07, 6.45) is 10.8. The van der Waals surface area contributed by atoms with E-state index in [0.29, 0.717) is 0 Å². The van der Waals surface area contributed by atoms with Crippen LogP contribution in [0.15, 0.2) is 11.6 Å². The first kappa shape index (κ1) is 9.76. The number of halogens is 1. The van der Waals surface area contributed by atoms with Gasteiger partial charge < -0.3 is 0 Å². The van der Waals surface area contributed by atoms with Crippen LogP contribution in [0.4, 0.5) is 0 Å². The number of hydrogen-bond donors (Lipinski definition) is 0. The van der Waals surface area contributed by atoms with Crippen molar-refractivity contribution in [3.63, 3.8) is 0 Å². The van der Waals surface area contributed by atoms with E-state index in [1.807, 2.05) is 0 Å². The molecule has 0 aromatic carbocycles. The van der Waals surface area contributed by atoms with Crippen LogP contribution in [-0.2, 0) is 0 Å². The number of hydrogen-bond acceptors (Lipinski definition) is 0. The van der Waals surface area contributed by atoms with Gasteiger partial charge in [0.15, 0.2) is 0 Å². The second kappa shape index (κ2) is 4.16. The third kappa shape index (κ3) is 2.18. The van der Waals surface area contributed by atoms with Crippen LogP contribution < -0.4 is 0 Å². The van der Waals surface area contributed by atoms with Gasteiger partial charge >= 0.3 is 0 Å². The van der Waals surface area contributed by atoms with Crippen LogP contribution in [0, 0.1) is 11.8 Å². The van der Waals surface area contributed by atoms with Crippen LogP contribution in [0.25, 0.3) is 0 Å². The van der Waals surface area contributed by atoms with Gasteiger partial charge in [-0.1, -0.05) is 34.5 Å². The maximum absolute atomic E-state index is 3.77. The minimum Gasteiger partial charge on any atom is -0.0888 e. The highest BCUT2D eigenvalue weighted by atomic mass is 79.9. The summed E-state index contributed by atoms with van der Waals surface area (Å²) in [5.74, 6) is 1.86. The zero-order chi connectivity index (χ0) is 9.26. The second-order valence-electron chi connectivity index (χ2n) is 4.67. The maximum Gasteiger partial charge on any atom is 0.0174 e. The Kier molecular flexibility index (Phi) is 3.13. The SMILES string of the molecule is CC1C(Br)CCC1CC1=CCCC1. The van der Waals surface area contributed by atoms with E-state index in [1.165, 1.54) is 38.5 Å². The molecule has 1 saturated carbocycles. The fourth-order valence-electron chi connectivity index (χ4n) is 2.74. The van der Waals surface area contributed by atoms with E-state index in [2.05, 4.69) is 28.9 Å². The van der Waals surface area contributed by atoms with Gasteiger partial charge in [0.25, 0.3) is 0 Å². The maximum atomic E-state index is 3.77. The van der Waals surface area contributed by atoms with E-state index in [0.717, 1.165) is 16.7 Å². The molecular weight excluding hydrogens is 224 g/mol. The third-order valence-corrected chi connectivity index (χ3v) is 5.08. The normalized spacial score (nSPS) is 39.5. The summed E-state index contributed by atoms with van der Waals surface area (Å²) in [5, 5.41) is 0. The van der Waals surface area contributed by atoms with Crippen molar-refractivity contribution < 1.29 is 0 Å². The fraction of sp³-hybridized carbons (Fsp3) is 0.833. The molecule has 74 valence electrons. The van der Waals surface area contributed by atoms with Crippen LogP contribution in [0.2, 0.25) is 0 Å². The summed E-state index contributed by atoms with van der Waals surface area (Å²) in [4.78, 5) is 0.791. The Bertz CT molecular complexity index is 207. The highest BCUT2D eigenvalue weighted by Gasteiger charge is 2.31. The van der Waals surface area contributed by atoms with Crippen LogP contribution in [0.3, 0.4) is 0 Å². The van der Waals surface area contributed by atoms with Crippen molar-refractivity contribution in [2.45, 2.75) is 50.3 Å². The van der Waals surface area contributed by atoms with Gasteiger partial charge in [0.1, 0.15) is 0 Å². The van der Waals surface area contributed by atoms with Gasteiger partial charge in [-0.05, 0) is 50.4 Å². The first-order chi connectivity index (χ1) is 6.27. The van der Waals surface area contributed by atoms with Gasteiger partial charge in [-0.25, -0.2) is 0 Å². The summed E-state index contributed by atoms with van der Waals surface area (Å²) in [6.45, 7) is 2.41. The van der Waals surface area contributed by atoms with Crippen molar-refractivity contribution in [2.75, 3.05) is 0 Å². The van der Waals surface area contributed by atoms with Gasteiger partial charge in [-0.15, -0.1) is 0 Å². The highest BCUT2D eigenvalue weighted by Crippen LogP contribution is 2.41. The van der Waals surface area contributed by atoms with E-state index in [4.69, 9.17) is 0 Å². The first-order valence-corrected chi connectivity index (χ1v) is 6.51. The standard InChI is InChI=1S/C12H19Br/c1-9-11(6-7-12(9)13)8-10-4-2-3-5-10/h4,9,11-12H,2-3,5-8H2,1H3. The summed E-state index contributed by atoms with van der Waals surface area (Å²) >= 11 is 3.77. The Morgan fingerprint density at radius 1 is 1.46 bits per heavy atom. The molecule has 0 spiro atoms. The summed E-state index contributed by atoms with van der Waals surface area (Å²) in [6, 6.07) is 0. The molecule has 0 N–H and O–H groups in total. The van der Waals surface area contributed by atoms with Crippen LogP contribution in [-0.4, -0.2) is 4.83 Å². The summed E-state index contributed by atoms with van der Waals surface area (Å²) < 4.78 is 0. The molecule has 3 atom stereocenters. The van der Waals surface area contributed by atoms with Gasteiger partial charge in [-0.3, -0.25) is 0 Å². The van der Waals surface area contributed by atoms with E-state index >= 15 is 0 Å². The van der Waals surface area contributed by atoms with Gasteiger partial charge in [0.05, 0.1) is 0 Å². The van der Waals surface area contributed by atoms with E-state index in [1.54, 1.807) is 5.57 Å². The Labute approximate surface area is 89.9 Å². The molecule has 2 rings (SSSR count).